The molecule has 3 aliphatic heterocycles. The van der Waals surface area contributed by atoms with Gasteiger partial charge in [-0.25, -0.2) is 0 Å². The third-order valence-electron chi connectivity index (χ3n) is 9.68. The molecule has 3 heterocycles. The lowest BCUT2D eigenvalue weighted by molar-refractivity contribution is -0.163. The average molecular weight is 654 g/mol. The normalized spacial score (nSPS) is 26.3. The zero-order chi connectivity index (χ0) is 34.1. The van der Waals surface area contributed by atoms with Gasteiger partial charge in [0.25, 0.3) is 0 Å². The van der Waals surface area contributed by atoms with Gasteiger partial charge in [-0.15, -0.1) is 13.2 Å². The van der Waals surface area contributed by atoms with Gasteiger partial charge < -0.3 is 34.4 Å². The van der Waals surface area contributed by atoms with E-state index in [0.29, 0.717) is 37.9 Å². The standard InChI is InChI=1S/C36H51N3O8/c1-6-9-14-21-38(20-8-3)34(43)32-36-19-18-27(47-36)29(30(36)33(42)39(32)24(4)22-40)35(44)46-31(25-15-12-11-13-16-25)26(23-45-5)37-28(41)17-10-7-2/h7-8,11-13,15-16,24,26-27,29-32,40H,2-3,6,9-10,14,17-23H2,1,4-5H3,(H,37,41)/t24-,26-,27-,29+,30+,31-,32-,36+/m1/s1. The first-order valence-electron chi connectivity index (χ1n) is 16.8. The second-order valence-electron chi connectivity index (χ2n) is 12.8. The van der Waals surface area contributed by atoms with Gasteiger partial charge in [-0.05, 0) is 38.2 Å². The summed E-state index contributed by atoms with van der Waals surface area (Å²) in [5, 5.41) is 13.1. The fraction of sp³-hybridized carbons (Fsp3) is 0.611. The molecule has 2 N–H and O–H groups in total. The van der Waals surface area contributed by atoms with E-state index >= 15 is 0 Å². The highest BCUT2D eigenvalue weighted by atomic mass is 16.6. The van der Waals surface area contributed by atoms with Crippen molar-refractivity contribution in [3.05, 3.63) is 61.2 Å². The van der Waals surface area contributed by atoms with Crippen LogP contribution >= 0.6 is 0 Å². The number of aliphatic hydroxyl groups is 1. The molecule has 4 rings (SSSR count). The van der Waals surface area contributed by atoms with Crippen LogP contribution in [-0.2, 0) is 33.4 Å². The summed E-state index contributed by atoms with van der Waals surface area (Å²) in [6, 6.07) is 6.70. The molecule has 11 nitrogen and oxygen atoms in total. The fourth-order valence-electron chi connectivity index (χ4n) is 7.50. The lowest BCUT2D eigenvalue weighted by atomic mass is 9.70. The summed E-state index contributed by atoms with van der Waals surface area (Å²) in [4.78, 5) is 58.9. The quantitative estimate of drug-likeness (QED) is 0.132. The number of nitrogens with zero attached hydrogens (tertiary/aromatic N) is 2. The maximum atomic E-state index is 14.4. The first-order chi connectivity index (χ1) is 22.7. The Morgan fingerprint density at radius 1 is 1.21 bits per heavy atom. The monoisotopic (exact) mass is 653 g/mol. The van der Waals surface area contributed by atoms with Crippen LogP contribution in [-0.4, -0.2) is 102 Å². The van der Waals surface area contributed by atoms with Crippen molar-refractivity contribution >= 4 is 23.7 Å². The zero-order valence-corrected chi connectivity index (χ0v) is 28.0. The molecule has 0 aromatic heterocycles. The molecule has 2 bridgehead atoms. The molecule has 1 spiro atoms. The number of esters is 1. The Kier molecular flexibility index (Phi) is 12.8. The van der Waals surface area contributed by atoms with Crippen molar-refractivity contribution in [2.45, 2.75) is 94.7 Å². The van der Waals surface area contributed by atoms with Gasteiger partial charge in [-0.1, -0.05) is 62.2 Å². The highest BCUT2D eigenvalue weighted by molar-refractivity contribution is 5.98. The number of hydrogen-bond acceptors (Lipinski definition) is 8. The molecule has 0 aliphatic carbocycles. The number of ether oxygens (including phenoxy) is 3. The topological polar surface area (TPSA) is 135 Å². The minimum absolute atomic E-state index is 0.0686. The predicted molar refractivity (Wildman–Crippen MR) is 176 cm³/mol. The van der Waals surface area contributed by atoms with Gasteiger partial charge in [-0.3, -0.25) is 19.2 Å². The van der Waals surface area contributed by atoms with E-state index in [0.717, 1.165) is 19.3 Å². The summed E-state index contributed by atoms with van der Waals surface area (Å²) in [5.41, 5.74) is -0.581. The van der Waals surface area contributed by atoms with Gasteiger partial charge in [0.2, 0.25) is 17.7 Å². The number of likely N-dealkylation sites (tertiary alicyclic amines) is 1. The highest BCUT2D eigenvalue weighted by Gasteiger charge is 2.75. The number of carbonyl (C=O) groups is 4. The molecule has 3 amide bonds. The van der Waals surface area contributed by atoms with Gasteiger partial charge >= 0.3 is 5.97 Å². The van der Waals surface area contributed by atoms with Crippen molar-refractivity contribution in [1.82, 2.24) is 15.1 Å². The molecule has 1 aromatic carbocycles. The summed E-state index contributed by atoms with van der Waals surface area (Å²) in [5.74, 6) is -3.48. The highest BCUT2D eigenvalue weighted by Crippen LogP contribution is 2.59. The third-order valence-corrected chi connectivity index (χ3v) is 9.68. The predicted octanol–water partition coefficient (Wildman–Crippen LogP) is 3.33. The SMILES string of the molecule is C=CCCC(=O)N[C@H](COC)[C@H](OC(=O)[C@@H]1[C@H]2C(=O)N([C@H](C)CO)[C@H](C(=O)N(CC=C)CCCCC)[C@]23CC[C@H]1O3)c1ccccc1. The van der Waals surface area contributed by atoms with E-state index in [-0.39, 0.29) is 31.4 Å². The largest absolute Gasteiger partial charge is 0.455 e. The van der Waals surface area contributed by atoms with Gasteiger partial charge in [-0.2, -0.15) is 0 Å². The number of unbranched alkanes of at least 4 members (excludes halogenated alkanes) is 2. The lowest BCUT2D eigenvalue weighted by Crippen LogP contribution is -2.58. The van der Waals surface area contributed by atoms with E-state index in [2.05, 4.69) is 25.4 Å². The number of fused-ring (bicyclic) bond motifs is 1. The van der Waals surface area contributed by atoms with Gasteiger partial charge in [0.05, 0.1) is 43.2 Å². The smallest absolute Gasteiger partial charge is 0.313 e. The zero-order valence-electron chi connectivity index (χ0n) is 28.0. The number of nitrogens with one attached hydrogen (secondary N) is 1. The van der Waals surface area contributed by atoms with E-state index in [1.54, 1.807) is 24.0 Å². The van der Waals surface area contributed by atoms with Crippen molar-refractivity contribution < 1.29 is 38.5 Å². The Labute approximate surface area is 278 Å². The Morgan fingerprint density at radius 3 is 2.60 bits per heavy atom. The Balaban J connectivity index is 1.68. The van der Waals surface area contributed by atoms with E-state index in [1.807, 2.05) is 30.3 Å². The minimum atomic E-state index is -1.23. The Morgan fingerprint density at radius 2 is 1.96 bits per heavy atom. The van der Waals surface area contributed by atoms with Crippen molar-refractivity contribution in [2.75, 3.05) is 33.4 Å². The molecule has 0 saturated carbocycles. The number of allylic oxidation sites excluding steroid dienone is 1. The van der Waals surface area contributed by atoms with Crippen LogP contribution in [0.5, 0.6) is 0 Å². The molecule has 1 aromatic rings. The van der Waals surface area contributed by atoms with E-state index in [4.69, 9.17) is 14.2 Å². The van der Waals surface area contributed by atoms with Crippen molar-refractivity contribution in [2.24, 2.45) is 11.8 Å². The number of hydrogen-bond donors (Lipinski definition) is 2. The molecule has 47 heavy (non-hydrogen) atoms. The van der Waals surface area contributed by atoms with Crippen LogP contribution in [0.2, 0.25) is 0 Å². The first-order valence-corrected chi connectivity index (χ1v) is 16.8. The number of aliphatic hydroxyl groups excluding tert-OH is 1. The summed E-state index contributed by atoms with van der Waals surface area (Å²) in [6.07, 6.45) is 6.11. The third kappa shape index (κ3) is 7.47. The minimum Gasteiger partial charge on any atom is -0.455 e. The summed E-state index contributed by atoms with van der Waals surface area (Å²) in [7, 11) is 1.50. The maximum absolute atomic E-state index is 14.4. The number of amides is 3. The lowest BCUT2D eigenvalue weighted by Gasteiger charge is -2.38. The molecule has 3 saturated heterocycles. The van der Waals surface area contributed by atoms with Crippen LogP contribution in [0, 0.1) is 11.8 Å². The van der Waals surface area contributed by atoms with Gasteiger partial charge in [0.1, 0.15) is 17.7 Å². The van der Waals surface area contributed by atoms with Crippen molar-refractivity contribution in [3.63, 3.8) is 0 Å². The first kappa shape index (κ1) is 36.3. The molecule has 8 atom stereocenters. The van der Waals surface area contributed by atoms with Gasteiger partial charge in [0, 0.05) is 26.6 Å². The van der Waals surface area contributed by atoms with Crippen LogP contribution in [0.1, 0.15) is 70.5 Å². The number of methoxy groups -OCH3 is 1. The molecule has 0 radical (unpaired) electrons. The van der Waals surface area contributed by atoms with E-state index in [9.17, 15) is 24.3 Å². The van der Waals surface area contributed by atoms with E-state index < -0.39 is 59.6 Å². The molecular weight excluding hydrogens is 602 g/mol. The molecular formula is C36H51N3O8. The average Bonchev–Trinajstić information content (AvgIpc) is 3.72. The fourth-order valence-corrected chi connectivity index (χ4v) is 7.50. The molecule has 3 fully saturated rings. The summed E-state index contributed by atoms with van der Waals surface area (Å²) >= 11 is 0. The van der Waals surface area contributed by atoms with Crippen LogP contribution in [0.15, 0.2) is 55.6 Å². The molecule has 258 valence electrons. The summed E-state index contributed by atoms with van der Waals surface area (Å²) in [6.45, 7) is 11.8. The second kappa shape index (κ2) is 16.5. The Hall–Kier alpha value is -3.54. The van der Waals surface area contributed by atoms with Crippen LogP contribution < -0.4 is 5.32 Å². The number of carbonyl (C=O) groups excluding carboxylic acids is 4. The molecule has 11 heteroatoms. The van der Waals surface area contributed by atoms with Crippen molar-refractivity contribution in [3.8, 4) is 0 Å². The van der Waals surface area contributed by atoms with Crippen LogP contribution in [0.3, 0.4) is 0 Å². The number of rotatable bonds is 19. The molecule has 0 unspecified atom stereocenters. The van der Waals surface area contributed by atoms with Crippen LogP contribution in [0.4, 0.5) is 0 Å². The van der Waals surface area contributed by atoms with Crippen molar-refractivity contribution in [1.29, 1.82) is 0 Å². The van der Waals surface area contributed by atoms with Crippen LogP contribution in [0.25, 0.3) is 0 Å². The maximum Gasteiger partial charge on any atom is 0.313 e. The summed E-state index contributed by atoms with van der Waals surface area (Å²) < 4.78 is 18.3. The second-order valence-corrected chi connectivity index (χ2v) is 12.8. The number of benzene rings is 1. The van der Waals surface area contributed by atoms with Gasteiger partial charge in [0.15, 0.2) is 0 Å². The molecule has 3 aliphatic rings. The van der Waals surface area contributed by atoms with E-state index in [1.165, 1.54) is 12.0 Å². The Bertz CT molecular complexity index is 1270.